The number of halogens is 1. The van der Waals surface area contributed by atoms with Crippen LogP contribution in [0.2, 0.25) is 5.15 Å². The van der Waals surface area contributed by atoms with Gasteiger partial charge in [0.25, 0.3) is 0 Å². The van der Waals surface area contributed by atoms with Crippen molar-refractivity contribution in [2.75, 3.05) is 21.3 Å². The molecule has 0 spiro atoms. The number of nitrogens with one attached hydrogen (secondary N) is 1. The van der Waals surface area contributed by atoms with E-state index in [0.717, 1.165) is 10.9 Å². The van der Waals surface area contributed by atoms with Crippen molar-refractivity contribution in [2.45, 2.75) is 6.42 Å². The summed E-state index contributed by atoms with van der Waals surface area (Å²) >= 11 is 6.22. The number of hydrogen-bond donors (Lipinski definition) is 1. The summed E-state index contributed by atoms with van der Waals surface area (Å²) in [4.78, 5) is 16.5. The number of hydrogen-bond acceptors (Lipinski definition) is 6. The zero-order chi connectivity index (χ0) is 20.8. The maximum absolute atomic E-state index is 12.2. The molecule has 0 saturated carbocycles. The van der Waals surface area contributed by atoms with Crippen LogP contribution in [-0.2, 0) is 11.2 Å². The first-order valence-corrected chi connectivity index (χ1v) is 9.09. The average molecular weight is 414 g/mol. The van der Waals surface area contributed by atoms with Gasteiger partial charge in [0.2, 0.25) is 5.91 Å². The van der Waals surface area contributed by atoms with Gasteiger partial charge in [-0.3, -0.25) is 4.79 Å². The van der Waals surface area contributed by atoms with Gasteiger partial charge < -0.3 is 14.2 Å². The van der Waals surface area contributed by atoms with Crippen molar-refractivity contribution in [1.29, 1.82) is 0 Å². The van der Waals surface area contributed by atoms with Crippen LogP contribution in [0, 0.1) is 0 Å². The maximum Gasteiger partial charge on any atom is 0.244 e. The lowest BCUT2D eigenvalue weighted by Crippen LogP contribution is -2.19. The Morgan fingerprint density at radius 1 is 1.07 bits per heavy atom. The number of fused-ring (bicyclic) bond motifs is 1. The summed E-state index contributed by atoms with van der Waals surface area (Å²) in [6, 6.07) is 12.7. The fourth-order valence-corrected chi connectivity index (χ4v) is 2.94. The van der Waals surface area contributed by atoms with E-state index >= 15 is 0 Å². The number of carbonyl (C=O) groups excluding carboxylic acids is 1. The Bertz CT molecular complexity index is 1070. The number of hydrazone groups is 1. The number of benzene rings is 2. The molecule has 150 valence electrons. The summed E-state index contributed by atoms with van der Waals surface area (Å²) in [6.45, 7) is 0. The monoisotopic (exact) mass is 413 g/mol. The summed E-state index contributed by atoms with van der Waals surface area (Å²) < 4.78 is 15.6. The number of methoxy groups -OCH3 is 3. The minimum absolute atomic E-state index is 0.140. The number of amides is 1. The third-order valence-electron chi connectivity index (χ3n) is 4.21. The van der Waals surface area contributed by atoms with Crippen LogP contribution in [0.1, 0.15) is 11.1 Å². The molecule has 0 aliphatic carbocycles. The Labute approximate surface area is 173 Å². The lowest BCUT2D eigenvalue weighted by atomic mass is 10.1. The smallest absolute Gasteiger partial charge is 0.244 e. The van der Waals surface area contributed by atoms with E-state index in [1.165, 1.54) is 6.21 Å². The quantitative estimate of drug-likeness (QED) is 0.363. The first-order valence-electron chi connectivity index (χ1n) is 8.71. The molecule has 0 fully saturated rings. The molecule has 1 heterocycles. The molecular weight excluding hydrogens is 394 g/mol. The molecule has 3 rings (SSSR count). The number of nitrogens with zero attached hydrogens (tertiary/aromatic N) is 2. The van der Waals surface area contributed by atoms with Crippen LogP contribution in [0.4, 0.5) is 0 Å². The molecular formula is C21H20ClN3O4. The zero-order valence-corrected chi connectivity index (χ0v) is 17.0. The largest absolute Gasteiger partial charge is 0.497 e. The summed E-state index contributed by atoms with van der Waals surface area (Å²) in [5.41, 5.74) is 4.57. The molecule has 8 heteroatoms. The van der Waals surface area contributed by atoms with Gasteiger partial charge in [0.05, 0.1) is 39.5 Å². The zero-order valence-electron chi connectivity index (χ0n) is 16.2. The van der Waals surface area contributed by atoms with Crippen LogP contribution in [0.5, 0.6) is 17.2 Å². The van der Waals surface area contributed by atoms with Crippen LogP contribution in [0.15, 0.2) is 47.6 Å². The summed E-state index contributed by atoms with van der Waals surface area (Å²) in [6.07, 6.45) is 1.60. The standard InChI is InChI=1S/C21H20ClN3O4/c1-27-16-6-5-14-10-15(21(22)24-17(14)11-16)12-23-25-20(26)9-13-4-7-18(28-2)19(8-13)29-3/h4-8,10-12H,9H2,1-3H3,(H,25,26). The molecule has 1 aromatic heterocycles. The highest BCUT2D eigenvalue weighted by molar-refractivity contribution is 6.32. The molecule has 0 atom stereocenters. The van der Waals surface area contributed by atoms with E-state index in [1.54, 1.807) is 45.6 Å². The van der Waals surface area contributed by atoms with E-state index in [1.807, 2.05) is 18.2 Å². The van der Waals surface area contributed by atoms with Crippen molar-refractivity contribution in [2.24, 2.45) is 5.10 Å². The second-order valence-electron chi connectivity index (χ2n) is 6.09. The molecule has 29 heavy (non-hydrogen) atoms. The van der Waals surface area contributed by atoms with Crippen molar-refractivity contribution >= 4 is 34.6 Å². The average Bonchev–Trinajstić information content (AvgIpc) is 2.73. The normalized spacial score (nSPS) is 10.9. The second-order valence-corrected chi connectivity index (χ2v) is 6.44. The van der Waals surface area contributed by atoms with Gasteiger partial charge in [0.15, 0.2) is 11.5 Å². The Balaban J connectivity index is 1.67. The van der Waals surface area contributed by atoms with Crippen molar-refractivity contribution < 1.29 is 19.0 Å². The molecule has 0 aliphatic rings. The predicted molar refractivity (Wildman–Crippen MR) is 112 cm³/mol. The summed E-state index contributed by atoms with van der Waals surface area (Å²) in [5, 5.41) is 5.15. The van der Waals surface area contributed by atoms with Gasteiger partial charge in [-0.1, -0.05) is 17.7 Å². The predicted octanol–water partition coefficient (Wildman–Crippen LogP) is 3.61. The number of pyridine rings is 1. The van der Waals surface area contributed by atoms with Gasteiger partial charge in [-0.25, -0.2) is 10.4 Å². The van der Waals surface area contributed by atoms with E-state index in [0.29, 0.717) is 28.3 Å². The Morgan fingerprint density at radius 2 is 1.86 bits per heavy atom. The molecule has 0 aliphatic heterocycles. The van der Waals surface area contributed by atoms with Crippen molar-refractivity contribution in [3.63, 3.8) is 0 Å². The Kier molecular flexibility index (Phi) is 6.51. The fraction of sp³-hybridized carbons (Fsp3) is 0.190. The minimum Gasteiger partial charge on any atom is -0.497 e. The van der Waals surface area contributed by atoms with Gasteiger partial charge in [-0.05, 0) is 35.9 Å². The van der Waals surface area contributed by atoms with E-state index < -0.39 is 0 Å². The molecule has 3 aromatic rings. The van der Waals surface area contributed by atoms with E-state index in [9.17, 15) is 4.79 Å². The first kappa shape index (κ1) is 20.4. The lowest BCUT2D eigenvalue weighted by molar-refractivity contribution is -0.120. The van der Waals surface area contributed by atoms with Gasteiger partial charge in [0.1, 0.15) is 10.9 Å². The Hall–Kier alpha value is -3.32. The fourth-order valence-electron chi connectivity index (χ4n) is 2.75. The summed E-state index contributed by atoms with van der Waals surface area (Å²) in [5.74, 6) is 1.59. The van der Waals surface area contributed by atoms with Gasteiger partial charge in [-0.2, -0.15) is 5.10 Å². The Morgan fingerprint density at radius 3 is 2.59 bits per heavy atom. The van der Waals surface area contributed by atoms with Crippen LogP contribution in [0.25, 0.3) is 10.9 Å². The van der Waals surface area contributed by atoms with Crippen molar-refractivity contribution in [1.82, 2.24) is 10.4 Å². The van der Waals surface area contributed by atoms with Crippen LogP contribution in [0.3, 0.4) is 0 Å². The molecule has 1 N–H and O–H groups in total. The molecule has 0 unspecified atom stereocenters. The number of carbonyl (C=O) groups is 1. The first-order chi connectivity index (χ1) is 14.0. The highest BCUT2D eigenvalue weighted by Crippen LogP contribution is 2.27. The number of ether oxygens (including phenoxy) is 3. The highest BCUT2D eigenvalue weighted by Gasteiger charge is 2.08. The van der Waals surface area contributed by atoms with Crippen molar-refractivity contribution in [3.8, 4) is 17.2 Å². The molecule has 0 saturated heterocycles. The van der Waals surface area contributed by atoms with Gasteiger partial charge in [-0.15, -0.1) is 0 Å². The van der Waals surface area contributed by atoms with Crippen molar-refractivity contribution in [3.05, 3.63) is 58.7 Å². The molecule has 0 radical (unpaired) electrons. The third-order valence-corrected chi connectivity index (χ3v) is 4.51. The number of rotatable bonds is 7. The molecule has 0 bridgehead atoms. The molecule has 7 nitrogen and oxygen atoms in total. The van der Waals surface area contributed by atoms with E-state index in [2.05, 4.69) is 15.5 Å². The van der Waals surface area contributed by atoms with Crippen LogP contribution in [-0.4, -0.2) is 38.4 Å². The lowest BCUT2D eigenvalue weighted by Gasteiger charge is -2.09. The highest BCUT2D eigenvalue weighted by atomic mass is 35.5. The maximum atomic E-state index is 12.2. The van der Waals surface area contributed by atoms with Gasteiger partial charge >= 0.3 is 0 Å². The second kappa shape index (κ2) is 9.25. The minimum atomic E-state index is -0.275. The molecule has 1 amide bonds. The third kappa shape index (κ3) is 4.94. The summed E-state index contributed by atoms with van der Waals surface area (Å²) in [7, 11) is 4.69. The van der Waals surface area contributed by atoms with Crippen LogP contribution >= 0.6 is 11.6 Å². The SMILES string of the molecule is COc1ccc2cc(C=NNC(=O)Cc3ccc(OC)c(OC)c3)c(Cl)nc2c1. The topological polar surface area (TPSA) is 82.0 Å². The van der Waals surface area contributed by atoms with E-state index in [-0.39, 0.29) is 17.5 Å². The molecule has 2 aromatic carbocycles. The van der Waals surface area contributed by atoms with E-state index in [4.69, 9.17) is 25.8 Å². The van der Waals surface area contributed by atoms with Crippen LogP contribution < -0.4 is 19.6 Å². The number of aromatic nitrogens is 1. The van der Waals surface area contributed by atoms with Gasteiger partial charge in [0, 0.05) is 17.0 Å².